The number of hydrogen-bond donors (Lipinski definition) is 1. The average molecular weight is 377 g/mol. The Bertz CT molecular complexity index is 930. The van der Waals surface area contributed by atoms with E-state index in [0.717, 1.165) is 48.3 Å². The highest BCUT2D eigenvalue weighted by atomic mass is 16.5. The number of fused-ring (bicyclic) bond motifs is 1. The monoisotopic (exact) mass is 376 g/mol. The van der Waals surface area contributed by atoms with Gasteiger partial charge in [-0.15, -0.1) is 0 Å². The first-order valence-corrected chi connectivity index (χ1v) is 10.0. The van der Waals surface area contributed by atoms with Crippen LogP contribution in [0.4, 0.5) is 5.69 Å². The number of pyridine rings is 1. The molecular weight excluding hydrogens is 348 g/mol. The number of ether oxygens (including phenoxy) is 1. The lowest BCUT2D eigenvalue weighted by molar-refractivity contribution is 0.449. The summed E-state index contributed by atoms with van der Waals surface area (Å²) in [5, 5.41) is 0. The van der Waals surface area contributed by atoms with E-state index < -0.39 is 0 Å². The number of aromatic nitrogens is 1. The van der Waals surface area contributed by atoms with E-state index in [1.54, 1.807) is 6.20 Å². The molecule has 1 atom stereocenters. The average Bonchev–Trinajstić information content (AvgIpc) is 3.51. The van der Waals surface area contributed by atoms with Crippen molar-refractivity contribution >= 4 is 17.5 Å². The SMILES string of the molecule is Cc1cccc(Oc2c(C(C=NC3CC3)=CN)ccc3c2CCC(C)N3C)n1. The third kappa shape index (κ3) is 3.75. The molecule has 1 saturated carbocycles. The first-order chi connectivity index (χ1) is 13.6. The van der Waals surface area contributed by atoms with Gasteiger partial charge in [0.15, 0.2) is 0 Å². The number of benzene rings is 1. The van der Waals surface area contributed by atoms with Crippen molar-refractivity contribution < 1.29 is 4.74 Å². The van der Waals surface area contributed by atoms with Crippen LogP contribution < -0.4 is 15.4 Å². The normalized spacial score (nSPS) is 19.8. The Hall–Kier alpha value is -2.82. The van der Waals surface area contributed by atoms with E-state index in [9.17, 15) is 0 Å². The van der Waals surface area contributed by atoms with Crippen molar-refractivity contribution in [2.24, 2.45) is 10.7 Å². The van der Waals surface area contributed by atoms with Crippen molar-refractivity contribution in [1.82, 2.24) is 4.98 Å². The smallest absolute Gasteiger partial charge is 0.219 e. The molecule has 5 nitrogen and oxygen atoms in total. The van der Waals surface area contributed by atoms with Crippen molar-refractivity contribution in [3.05, 3.63) is 53.4 Å². The van der Waals surface area contributed by atoms with Gasteiger partial charge in [-0.05, 0) is 57.7 Å². The number of hydrogen-bond acceptors (Lipinski definition) is 5. The summed E-state index contributed by atoms with van der Waals surface area (Å²) in [7, 11) is 2.14. The topological polar surface area (TPSA) is 63.7 Å². The minimum atomic E-state index is 0.447. The van der Waals surface area contributed by atoms with Crippen molar-refractivity contribution in [3.63, 3.8) is 0 Å². The predicted octanol–water partition coefficient (Wildman–Crippen LogP) is 4.49. The van der Waals surface area contributed by atoms with E-state index >= 15 is 0 Å². The first-order valence-electron chi connectivity index (χ1n) is 10.0. The quantitative estimate of drug-likeness (QED) is 0.781. The van der Waals surface area contributed by atoms with E-state index in [0.29, 0.717) is 18.0 Å². The van der Waals surface area contributed by atoms with Crippen LogP contribution in [0.3, 0.4) is 0 Å². The Kier molecular flexibility index (Phi) is 5.07. The van der Waals surface area contributed by atoms with Crippen LogP contribution in [-0.4, -0.2) is 30.3 Å². The fraction of sp³-hybridized carbons (Fsp3) is 0.391. The fourth-order valence-electron chi connectivity index (χ4n) is 3.61. The number of aliphatic imine (C=N–C) groups is 1. The zero-order valence-electron chi connectivity index (χ0n) is 16.9. The van der Waals surface area contributed by atoms with Crippen molar-refractivity contribution in [3.8, 4) is 11.6 Å². The molecule has 1 aliphatic carbocycles. The summed E-state index contributed by atoms with van der Waals surface area (Å²) >= 11 is 0. The number of aryl methyl sites for hydroxylation is 1. The van der Waals surface area contributed by atoms with Gasteiger partial charge in [0.2, 0.25) is 5.88 Å². The van der Waals surface area contributed by atoms with Crippen LogP contribution in [0.1, 0.15) is 43.0 Å². The third-order valence-corrected chi connectivity index (χ3v) is 5.62. The van der Waals surface area contributed by atoms with Crippen LogP contribution in [0.25, 0.3) is 5.57 Å². The van der Waals surface area contributed by atoms with Gasteiger partial charge in [0.05, 0.1) is 6.04 Å². The van der Waals surface area contributed by atoms with Crippen LogP contribution in [0, 0.1) is 6.92 Å². The Morgan fingerprint density at radius 2 is 2.07 bits per heavy atom. The number of rotatable bonds is 5. The molecule has 2 N–H and O–H groups in total. The molecule has 1 aromatic heterocycles. The minimum Gasteiger partial charge on any atom is -0.438 e. The Morgan fingerprint density at radius 3 is 2.79 bits per heavy atom. The molecule has 1 fully saturated rings. The molecule has 4 rings (SSSR count). The van der Waals surface area contributed by atoms with Crippen molar-refractivity contribution in [2.75, 3.05) is 11.9 Å². The molecule has 0 radical (unpaired) electrons. The number of anilines is 1. The molecule has 1 aromatic carbocycles. The summed E-state index contributed by atoms with van der Waals surface area (Å²) in [4.78, 5) is 11.5. The van der Waals surface area contributed by atoms with Crippen LogP contribution >= 0.6 is 0 Å². The zero-order chi connectivity index (χ0) is 19.7. The van der Waals surface area contributed by atoms with Crippen molar-refractivity contribution in [1.29, 1.82) is 0 Å². The highest BCUT2D eigenvalue weighted by Gasteiger charge is 2.26. The molecule has 2 heterocycles. The van der Waals surface area contributed by atoms with Gasteiger partial charge in [-0.25, -0.2) is 4.98 Å². The van der Waals surface area contributed by atoms with Crippen LogP contribution in [0.5, 0.6) is 11.6 Å². The lowest BCUT2D eigenvalue weighted by atomic mass is 9.92. The highest BCUT2D eigenvalue weighted by Crippen LogP contribution is 2.42. The van der Waals surface area contributed by atoms with Gasteiger partial charge in [-0.2, -0.15) is 0 Å². The molecule has 1 unspecified atom stereocenters. The summed E-state index contributed by atoms with van der Waals surface area (Å²) in [6, 6.07) is 11.1. The standard InChI is InChI=1S/C23H28N4O/c1-15-5-4-6-22(26-15)28-23-19(17(13-24)14-25-18-8-9-18)11-12-21-20(23)10-7-16(2)27(21)3/h4-6,11-14,16,18H,7-10,24H2,1-3H3. The van der Waals surface area contributed by atoms with Gasteiger partial charge in [0.1, 0.15) is 5.75 Å². The molecule has 0 bridgehead atoms. The van der Waals surface area contributed by atoms with E-state index in [4.69, 9.17) is 10.5 Å². The van der Waals surface area contributed by atoms with E-state index in [-0.39, 0.29) is 0 Å². The van der Waals surface area contributed by atoms with E-state index in [2.05, 4.69) is 41.0 Å². The summed E-state index contributed by atoms with van der Waals surface area (Å²) in [5.41, 5.74) is 11.2. The maximum Gasteiger partial charge on any atom is 0.219 e. The minimum absolute atomic E-state index is 0.447. The lowest BCUT2D eigenvalue weighted by Crippen LogP contribution is -2.33. The van der Waals surface area contributed by atoms with E-state index in [1.165, 1.54) is 11.3 Å². The maximum atomic E-state index is 6.38. The van der Waals surface area contributed by atoms with Crippen LogP contribution in [0.15, 0.2) is 41.5 Å². The maximum absolute atomic E-state index is 6.38. The molecular formula is C23H28N4O. The van der Waals surface area contributed by atoms with Gasteiger partial charge in [0.25, 0.3) is 0 Å². The molecule has 2 aromatic rings. The fourth-order valence-corrected chi connectivity index (χ4v) is 3.61. The van der Waals surface area contributed by atoms with E-state index in [1.807, 2.05) is 31.3 Å². The molecule has 0 saturated heterocycles. The molecule has 2 aliphatic rings. The second kappa shape index (κ2) is 7.66. The Labute approximate surface area is 166 Å². The Balaban J connectivity index is 1.80. The molecule has 1 aliphatic heterocycles. The van der Waals surface area contributed by atoms with Crippen LogP contribution in [-0.2, 0) is 6.42 Å². The predicted molar refractivity (Wildman–Crippen MR) is 115 cm³/mol. The van der Waals surface area contributed by atoms with Crippen molar-refractivity contribution in [2.45, 2.75) is 51.6 Å². The van der Waals surface area contributed by atoms with Gasteiger partial charge < -0.3 is 15.4 Å². The zero-order valence-corrected chi connectivity index (χ0v) is 16.9. The first kappa shape index (κ1) is 18.5. The second-order valence-corrected chi connectivity index (χ2v) is 7.79. The summed E-state index contributed by atoms with van der Waals surface area (Å²) in [6.45, 7) is 4.23. The number of allylic oxidation sites excluding steroid dienone is 1. The molecule has 5 heteroatoms. The largest absolute Gasteiger partial charge is 0.438 e. The molecule has 28 heavy (non-hydrogen) atoms. The highest BCUT2D eigenvalue weighted by molar-refractivity contribution is 6.11. The summed E-state index contributed by atoms with van der Waals surface area (Å²) < 4.78 is 6.38. The van der Waals surface area contributed by atoms with Crippen LogP contribution in [0.2, 0.25) is 0 Å². The van der Waals surface area contributed by atoms with Gasteiger partial charge >= 0.3 is 0 Å². The number of nitrogens with zero attached hydrogens (tertiary/aromatic N) is 3. The summed E-state index contributed by atoms with van der Waals surface area (Å²) in [6.07, 6.45) is 7.90. The van der Waals surface area contributed by atoms with Gasteiger partial charge in [-0.3, -0.25) is 4.99 Å². The van der Waals surface area contributed by atoms with Gasteiger partial charge in [0, 0.05) is 59.7 Å². The second-order valence-electron chi connectivity index (χ2n) is 7.79. The molecule has 0 spiro atoms. The van der Waals surface area contributed by atoms with Gasteiger partial charge in [-0.1, -0.05) is 6.07 Å². The molecule has 146 valence electrons. The summed E-state index contributed by atoms with van der Waals surface area (Å²) in [5.74, 6) is 1.44. The molecule has 0 amide bonds. The Morgan fingerprint density at radius 1 is 1.25 bits per heavy atom. The number of nitrogens with two attached hydrogens (primary N) is 1. The third-order valence-electron chi connectivity index (χ3n) is 5.62. The lowest BCUT2D eigenvalue weighted by Gasteiger charge is -2.35.